The molecule has 0 unspecified atom stereocenters. The molecule has 20 heavy (non-hydrogen) atoms. The highest BCUT2D eigenvalue weighted by molar-refractivity contribution is 6.30. The number of hydrogen-bond donors (Lipinski definition) is 1. The van der Waals surface area contributed by atoms with Crippen LogP contribution in [0.15, 0.2) is 24.3 Å². The van der Waals surface area contributed by atoms with Crippen LogP contribution < -0.4 is 0 Å². The number of nitrogens with zero attached hydrogens (tertiary/aromatic N) is 1. The number of rotatable bonds is 3. The van der Waals surface area contributed by atoms with Gasteiger partial charge < -0.3 is 10.0 Å². The van der Waals surface area contributed by atoms with Gasteiger partial charge in [0.25, 0.3) is 0 Å². The first-order chi connectivity index (χ1) is 9.54. The standard InChI is InChI=1S/C16H20ClNO2/c1-18(13-3-2-4-14(13)19)15(20)16(9-10-16)11-5-7-12(17)8-6-11/h5-8,13-14,19H,2-4,9-10H2,1H3/t13-,14-/m0/s1. The van der Waals surface area contributed by atoms with Gasteiger partial charge >= 0.3 is 0 Å². The molecule has 0 aromatic heterocycles. The molecule has 4 heteroatoms. The number of halogens is 1. The van der Waals surface area contributed by atoms with Gasteiger partial charge in [0.2, 0.25) is 5.91 Å². The highest BCUT2D eigenvalue weighted by Gasteiger charge is 2.53. The molecule has 2 aliphatic carbocycles. The first-order valence-corrected chi connectivity index (χ1v) is 7.64. The molecular formula is C16H20ClNO2. The molecule has 0 saturated heterocycles. The fourth-order valence-electron chi connectivity index (χ4n) is 3.38. The van der Waals surface area contributed by atoms with Crippen LogP contribution in [0.4, 0.5) is 0 Å². The summed E-state index contributed by atoms with van der Waals surface area (Å²) in [6.45, 7) is 0. The van der Waals surface area contributed by atoms with Gasteiger partial charge in [0, 0.05) is 12.1 Å². The molecule has 1 aromatic rings. The fourth-order valence-corrected chi connectivity index (χ4v) is 3.51. The van der Waals surface area contributed by atoms with Crippen molar-refractivity contribution in [2.75, 3.05) is 7.05 Å². The molecule has 2 saturated carbocycles. The predicted octanol–water partition coefficient (Wildman–Crippen LogP) is 2.74. The van der Waals surface area contributed by atoms with E-state index in [2.05, 4.69) is 0 Å². The second-order valence-corrected chi connectivity index (χ2v) is 6.51. The molecule has 2 fully saturated rings. The summed E-state index contributed by atoms with van der Waals surface area (Å²) in [5.74, 6) is 0.144. The summed E-state index contributed by atoms with van der Waals surface area (Å²) in [6, 6.07) is 7.56. The van der Waals surface area contributed by atoms with Crippen molar-refractivity contribution in [3.8, 4) is 0 Å². The summed E-state index contributed by atoms with van der Waals surface area (Å²) in [5.41, 5.74) is 0.674. The Morgan fingerprint density at radius 2 is 1.95 bits per heavy atom. The third-order valence-electron chi connectivity index (χ3n) is 4.82. The van der Waals surface area contributed by atoms with E-state index in [-0.39, 0.29) is 23.5 Å². The van der Waals surface area contributed by atoms with Crippen LogP contribution in [0.25, 0.3) is 0 Å². The Bertz CT molecular complexity index is 510. The molecule has 2 aliphatic rings. The number of aliphatic hydroxyl groups is 1. The maximum Gasteiger partial charge on any atom is 0.233 e. The molecule has 0 spiro atoms. The van der Waals surface area contributed by atoms with Crippen molar-refractivity contribution in [3.63, 3.8) is 0 Å². The van der Waals surface area contributed by atoms with Crippen LogP contribution >= 0.6 is 11.6 Å². The molecule has 0 aliphatic heterocycles. The summed E-state index contributed by atoms with van der Waals surface area (Å²) in [5, 5.41) is 10.7. The maximum atomic E-state index is 12.8. The lowest BCUT2D eigenvalue weighted by atomic mass is 9.93. The first-order valence-electron chi connectivity index (χ1n) is 7.26. The Morgan fingerprint density at radius 1 is 1.30 bits per heavy atom. The van der Waals surface area contributed by atoms with Crippen molar-refractivity contribution >= 4 is 17.5 Å². The van der Waals surface area contributed by atoms with Crippen LogP contribution in [-0.2, 0) is 10.2 Å². The van der Waals surface area contributed by atoms with E-state index in [1.807, 2.05) is 31.3 Å². The normalized spacial score (nSPS) is 27.4. The van der Waals surface area contributed by atoms with Crippen molar-refractivity contribution in [1.82, 2.24) is 4.90 Å². The quantitative estimate of drug-likeness (QED) is 0.931. The highest BCUT2D eigenvalue weighted by Crippen LogP contribution is 2.50. The summed E-state index contributed by atoms with van der Waals surface area (Å²) < 4.78 is 0. The molecule has 1 amide bonds. The molecule has 1 aromatic carbocycles. The van der Waals surface area contributed by atoms with Crippen molar-refractivity contribution in [2.45, 2.75) is 49.7 Å². The van der Waals surface area contributed by atoms with E-state index in [1.54, 1.807) is 4.90 Å². The number of benzene rings is 1. The van der Waals surface area contributed by atoms with E-state index in [0.717, 1.165) is 37.7 Å². The van der Waals surface area contributed by atoms with E-state index in [1.165, 1.54) is 0 Å². The smallest absolute Gasteiger partial charge is 0.233 e. The van der Waals surface area contributed by atoms with Gasteiger partial charge in [-0.05, 0) is 49.8 Å². The van der Waals surface area contributed by atoms with E-state index >= 15 is 0 Å². The Morgan fingerprint density at radius 3 is 2.45 bits per heavy atom. The van der Waals surface area contributed by atoms with Gasteiger partial charge in [-0.3, -0.25) is 4.79 Å². The molecule has 3 nitrogen and oxygen atoms in total. The molecule has 1 N–H and O–H groups in total. The number of carbonyl (C=O) groups is 1. The molecule has 0 radical (unpaired) electrons. The molecule has 3 rings (SSSR count). The lowest BCUT2D eigenvalue weighted by molar-refractivity contribution is -0.136. The second kappa shape index (κ2) is 5.05. The minimum atomic E-state index is -0.373. The number of carbonyl (C=O) groups excluding carboxylic acids is 1. The van der Waals surface area contributed by atoms with Gasteiger partial charge in [0.15, 0.2) is 0 Å². The zero-order chi connectivity index (χ0) is 14.3. The van der Waals surface area contributed by atoms with Gasteiger partial charge in [-0.1, -0.05) is 23.7 Å². The van der Waals surface area contributed by atoms with Crippen LogP contribution in [0.5, 0.6) is 0 Å². The largest absolute Gasteiger partial charge is 0.391 e. The van der Waals surface area contributed by atoms with Crippen LogP contribution in [0, 0.1) is 0 Å². The third kappa shape index (κ3) is 2.23. The van der Waals surface area contributed by atoms with Crippen LogP contribution in [0.1, 0.15) is 37.7 Å². The molecule has 0 bridgehead atoms. The molecule has 108 valence electrons. The van der Waals surface area contributed by atoms with Crippen molar-refractivity contribution in [2.24, 2.45) is 0 Å². The van der Waals surface area contributed by atoms with Crippen molar-refractivity contribution < 1.29 is 9.90 Å². The average Bonchev–Trinajstić information content (AvgIpc) is 3.14. The lowest BCUT2D eigenvalue weighted by Crippen LogP contribution is -2.46. The minimum absolute atomic E-state index is 0.0210. The van der Waals surface area contributed by atoms with E-state index in [0.29, 0.717) is 5.02 Å². The van der Waals surface area contributed by atoms with Crippen LogP contribution in [-0.4, -0.2) is 35.1 Å². The van der Waals surface area contributed by atoms with Crippen LogP contribution in [0.3, 0.4) is 0 Å². The summed E-state index contributed by atoms with van der Waals surface area (Å²) in [7, 11) is 1.83. The number of amides is 1. The van der Waals surface area contributed by atoms with E-state index in [4.69, 9.17) is 11.6 Å². The molecular weight excluding hydrogens is 274 g/mol. The van der Waals surface area contributed by atoms with Gasteiger partial charge in [-0.2, -0.15) is 0 Å². The molecule has 0 heterocycles. The molecule has 2 atom stereocenters. The summed E-state index contributed by atoms with van der Waals surface area (Å²) in [4.78, 5) is 14.6. The lowest BCUT2D eigenvalue weighted by Gasteiger charge is -2.31. The highest BCUT2D eigenvalue weighted by atomic mass is 35.5. The predicted molar refractivity (Wildman–Crippen MR) is 78.8 cm³/mol. The van der Waals surface area contributed by atoms with Gasteiger partial charge in [0.1, 0.15) is 0 Å². The van der Waals surface area contributed by atoms with Crippen molar-refractivity contribution in [3.05, 3.63) is 34.9 Å². The monoisotopic (exact) mass is 293 g/mol. The fraction of sp³-hybridized carbons (Fsp3) is 0.562. The Kier molecular flexibility index (Phi) is 3.51. The summed E-state index contributed by atoms with van der Waals surface area (Å²) >= 11 is 5.92. The van der Waals surface area contributed by atoms with E-state index < -0.39 is 0 Å². The topological polar surface area (TPSA) is 40.5 Å². The number of aliphatic hydroxyl groups excluding tert-OH is 1. The van der Waals surface area contributed by atoms with E-state index in [9.17, 15) is 9.90 Å². The number of hydrogen-bond acceptors (Lipinski definition) is 2. The third-order valence-corrected chi connectivity index (χ3v) is 5.07. The Hall–Kier alpha value is -1.06. The van der Waals surface area contributed by atoms with Crippen LogP contribution in [0.2, 0.25) is 5.02 Å². The second-order valence-electron chi connectivity index (χ2n) is 6.07. The average molecular weight is 294 g/mol. The first kappa shape index (κ1) is 13.9. The maximum absolute atomic E-state index is 12.8. The number of likely N-dealkylation sites (N-methyl/N-ethyl adjacent to an activating group) is 1. The van der Waals surface area contributed by atoms with Gasteiger partial charge in [0.05, 0.1) is 17.6 Å². The minimum Gasteiger partial charge on any atom is -0.391 e. The van der Waals surface area contributed by atoms with Crippen molar-refractivity contribution in [1.29, 1.82) is 0 Å². The Balaban J connectivity index is 1.81. The SMILES string of the molecule is CN(C(=O)C1(c2ccc(Cl)cc2)CC1)[C@H]1CCC[C@@H]1O. The zero-order valence-corrected chi connectivity index (χ0v) is 12.4. The van der Waals surface area contributed by atoms with Gasteiger partial charge in [-0.15, -0.1) is 0 Å². The zero-order valence-electron chi connectivity index (χ0n) is 11.7. The summed E-state index contributed by atoms with van der Waals surface area (Å²) in [6.07, 6.45) is 4.11. The van der Waals surface area contributed by atoms with Gasteiger partial charge in [-0.25, -0.2) is 0 Å². The Labute approximate surface area is 124 Å².